The zero-order valence-electron chi connectivity index (χ0n) is 15.3. The quantitative estimate of drug-likeness (QED) is 0.461. The molecule has 27 heavy (non-hydrogen) atoms. The van der Waals surface area contributed by atoms with Crippen LogP contribution in [0.5, 0.6) is 11.5 Å². The second kappa shape index (κ2) is 9.70. The summed E-state index contributed by atoms with van der Waals surface area (Å²) in [4.78, 5) is 12.4. The summed E-state index contributed by atoms with van der Waals surface area (Å²) >= 11 is 0. The molecular formula is C22H20N2O3. The summed E-state index contributed by atoms with van der Waals surface area (Å²) in [5.41, 5.74) is 2.20. The fourth-order valence-corrected chi connectivity index (χ4v) is 2.34. The summed E-state index contributed by atoms with van der Waals surface area (Å²) in [6.07, 6.45) is 6.72. The highest BCUT2D eigenvalue weighted by molar-refractivity contribution is 6.10. The molecule has 136 valence electrons. The molecule has 2 rings (SSSR count). The molecule has 0 fully saturated rings. The number of terminal acetylenes is 1. The summed E-state index contributed by atoms with van der Waals surface area (Å²) in [7, 11) is 0. The van der Waals surface area contributed by atoms with Crippen LogP contribution in [0.1, 0.15) is 18.1 Å². The van der Waals surface area contributed by atoms with E-state index in [9.17, 15) is 10.1 Å². The minimum absolute atomic E-state index is 0.0157. The Labute approximate surface area is 159 Å². The number of aryl methyl sites for hydroxylation is 1. The van der Waals surface area contributed by atoms with Crippen molar-refractivity contribution >= 4 is 17.7 Å². The molecule has 5 nitrogen and oxygen atoms in total. The van der Waals surface area contributed by atoms with E-state index >= 15 is 0 Å². The van der Waals surface area contributed by atoms with E-state index in [2.05, 4.69) is 11.2 Å². The van der Waals surface area contributed by atoms with Crippen LogP contribution in [0.2, 0.25) is 0 Å². The fraction of sp³-hybridized carbons (Fsp3) is 0.182. The van der Waals surface area contributed by atoms with E-state index in [0.29, 0.717) is 29.4 Å². The SMILES string of the molecule is C#CCOc1ccc(/C=C(/C#N)C(=O)Nc2ccccc2C)cc1OCC. The number of ether oxygens (including phenoxy) is 2. The van der Waals surface area contributed by atoms with Crippen molar-refractivity contribution in [1.29, 1.82) is 5.26 Å². The monoisotopic (exact) mass is 360 g/mol. The molecule has 0 aromatic heterocycles. The molecule has 0 aliphatic carbocycles. The van der Waals surface area contributed by atoms with Gasteiger partial charge in [-0.1, -0.05) is 30.2 Å². The Morgan fingerprint density at radius 2 is 2.00 bits per heavy atom. The first kappa shape index (κ1) is 19.6. The molecule has 0 unspecified atom stereocenters. The van der Waals surface area contributed by atoms with Crippen molar-refractivity contribution in [2.75, 3.05) is 18.5 Å². The Morgan fingerprint density at radius 3 is 2.67 bits per heavy atom. The molecule has 0 radical (unpaired) electrons. The molecule has 0 heterocycles. The van der Waals surface area contributed by atoms with Crippen LogP contribution in [0.15, 0.2) is 48.0 Å². The third kappa shape index (κ3) is 5.39. The van der Waals surface area contributed by atoms with Crippen LogP contribution in [0, 0.1) is 30.6 Å². The number of hydrogen-bond acceptors (Lipinski definition) is 4. The van der Waals surface area contributed by atoms with Gasteiger partial charge in [0, 0.05) is 5.69 Å². The second-order valence-corrected chi connectivity index (χ2v) is 5.57. The van der Waals surface area contributed by atoms with Crippen molar-refractivity contribution in [1.82, 2.24) is 0 Å². The predicted molar refractivity (Wildman–Crippen MR) is 105 cm³/mol. The molecule has 0 bridgehead atoms. The van der Waals surface area contributed by atoms with Crippen LogP contribution in [0.4, 0.5) is 5.69 Å². The molecule has 0 aliphatic heterocycles. The van der Waals surface area contributed by atoms with Gasteiger partial charge in [0.1, 0.15) is 18.2 Å². The normalized spacial score (nSPS) is 10.4. The minimum atomic E-state index is -0.475. The lowest BCUT2D eigenvalue weighted by Crippen LogP contribution is -2.14. The van der Waals surface area contributed by atoms with Crippen LogP contribution in [-0.2, 0) is 4.79 Å². The third-order valence-corrected chi connectivity index (χ3v) is 3.65. The summed E-state index contributed by atoms with van der Waals surface area (Å²) in [5, 5.41) is 12.1. The first-order valence-electron chi connectivity index (χ1n) is 8.41. The first-order chi connectivity index (χ1) is 13.1. The maximum atomic E-state index is 12.4. The van der Waals surface area contributed by atoms with Crippen LogP contribution in [0.3, 0.4) is 0 Å². The molecule has 0 saturated heterocycles. The van der Waals surface area contributed by atoms with Crippen molar-refractivity contribution < 1.29 is 14.3 Å². The van der Waals surface area contributed by atoms with Crippen molar-refractivity contribution in [2.45, 2.75) is 13.8 Å². The lowest BCUT2D eigenvalue weighted by Gasteiger charge is -2.11. The second-order valence-electron chi connectivity index (χ2n) is 5.57. The van der Waals surface area contributed by atoms with Crippen LogP contribution >= 0.6 is 0 Å². The number of carbonyl (C=O) groups is 1. The van der Waals surface area contributed by atoms with Gasteiger partial charge in [0.25, 0.3) is 5.91 Å². The van der Waals surface area contributed by atoms with E-state index in [1.165, 1.54) is 6.08 Å². The lowest BCUT2D eigenvalue weighted by molar-refractivity contribution is -0.112. The summed E-state index contributed by atoms with van der Waals surface area (Å²) in [6.45, 7) is 4.30. The summed E-state index contributed by atoms with van der Waals surface area (Å²) in [5.74, 6) is 2.93. The number of nitriles is 1. The maximum Gasteiger partial charge on any atom is 0.266 e. The van der Waals surface area contributed by atoms with Crippen LogP contribution in [-0.4, -0.2) is 19.1 Å². The van der Waals surface area contributed by atoms with Crippen molar-refractivity contribution in [3.8, 4) is 29.9 Å². The molecule has 5 heteroatoms. The molecule has 0 aliphatic rings. The molecule has 2 aromatic carbocycles. The number of amides is 1. The van der Waals surface area contributed by atoms with Crippen LogP contribution in [0.25, 0.3) is 6.08 Å². The van der Waals surface area contributed by atoms with E-state index in [4.69, 9.17) is 15.9 Å². The number of nitrogens with zero attached hydrogens (tertiary/aromatic N) is 1. The number of anilines is 1. The average Bonchev–Trinajstić information content (AvgIpc) is 2.67. The smallest absolute Gasteiger partial charge is 0.266 e. The van der Waals surface area contributed by atoms with Gasteiger partial charge in [0.2, 0.25) is 0 Å². The number of nitrogens with one attached hydrogen (secondary N) is 1. The highest BCUT2D eigenvalue weighted by Crippen LogP contribution is 2.29. The Hall–Kier alpha value is -3.70. The fourth-order valence-electron chi connectivity index (χ4n) is 2.34. The van der Waals surface area contributed by atoms with E-state index in [0.717, 1.165) is 5.56 Å². The zero-order chi connectivity index (χ0) is 19.6. The molecule has 0 saturated carbocycles. The molecular weight excluding hydrogens is 340 g/mol. The lowest BCUT2D eigenvalue weighted by atomic mass is 10.1. The maximum absolute atomic E-state index is 12.4. The van der Waals surface area contributed by atoms with Gasteiger partial charge in [0.15, 0.2) is 11.5 Å². The van der Waals surface area contributed by atoms with E-state index in [1.807, 2.05) is 38.1 Å². The third-order valence-electron chi connectivity index (χ3n) is 3.65. The Balaban J connectivity index is 2.27. The molecule has 0 spiro atoms. The van der Waals surface area contributed by atoms with E-state index in [1.54, 1.807) is 24.3 Å². The van der Waals surface area contributed by atoms with Crippen LogP contribution < -0.4 is 14.8 Å². The van der Waals surface area contributed by atoms with Gasteiger partial charge in [-0.25, -0.2) is 0 Å². The number of carbonyl (C=O) groups excluding carboxylic acids is 1. The average molecular weight is 360 g/mol. The summed E-state index contributed by atoms with van der Waals surface area (Å²) in [6, 6.07) is 14.4. The minimum Gasteiger partial charge on any atom is -0.490 e. The highest BCUT2D eigenvalue weighted by atomic mass is 16.5. The molecule has 1 N–H and O–H groups in total. The molecule has 1 amide bonds. The van der Waals surface area contributed by atoms with Gasteiger partial charge in [-0.05, 0) is 49.2 Å². The Bertz CT molecular complexity index is 933. The standard InChI is InChI=1S/C22H20N2O3/c1-4-12-27-20-11-10-17(14-21(20)26-5-2)13-18(15-23)22(25)24-19-9-7-6-8-16(19)3/h1,6-11,13-14H,5,12H2,2-3H3,(H,24,25)/b18-13-. The van der Waals surface area contributed by atoms with Crippen molar-refractivity contribution in [2.24, 2.45) is 0 Å². The van der Waals surface area contributed by atoms with Gasteiger partial charge < -0.3 is 14.8 Å². The Kier molecular flexibility index (Phi) is 7.05. The first-order valence-corrected chi connectivity index (χ1v) is 8.41. The van der Waals surface area contributed by atoms with Gasteiger partial charge in [-0.2, -0.15) is 5.26 Å². The highest BCUT2D eigenvalue weighted by Gasteiger charge is 2.12. The van der Waals surface area contributed by atoms with Gasteiger partial charge in [-0.3, -0.25) is 4.79 Å². The summed E-state index contributed by atoms with van der Waals surface area (Å²) < 4.78 is 11.0. The van der Waals surface area contributed by atoms with Gasteiger partial charge >= 0.3 is 0 Å². The van der Waals surface area contributed by atoms with E-state index < -0.39 is 5.91 Å². The number of hydrogen-bond donors (Lipinski definition) is 1. The van der Waals surface area contributed by atoms with Gasteiger partial charge in [-0.15, -0.1) is 6.42 Å². The number of rotatable bonds is 7. The predicted octanol–water partition coefficient (Wildman–Crippen LogP) is 3.95. The number of benzene rings is 2. The van der Waals surface area contributed by atoms with Crippen molar-refractivity contribution in [3.63, 3.8) is 0 Å². The molecule has 2 aromatic rings. The van der Waals surface area contributed by atoms with Crippen molar-refractivity contribution in [3.05, 3.63) is 59.2 Å². The molecule has 0 atom stereocenters. The number of para-hydroxylation sites is 1. The Morgan fingerprint density at radius 1 is 1.22 bits per heavy atom. The van der Waals surface area contributed by atoms with Gasteiger partial charge in [0.05, 0.1) is 6.61 Å². The topological polar surface area (TPSA) is 71.3 Å². The van der Waals surface area contributed by atoms with E-state index in [-0.39, 0.29) is 12.2 Å². The zero-order valence-corrected chi connectivity index (χ0v) is 15.3. The largest absolute Gasteiger partial charge is 0.490 e.